The molecule has 2 aromatic heterocycles. The van der Waals surface area contributed by atoms with Crippen LogP contribution in [0.5, 0.6) is 0 Å². The molecule has 0 aliphatic carbocycles. The molecule has 136 valence electrons. The molecule has 6 nitrogen and oxygen atoms in total. The van der Waals surface area contributed by atoms with E-state index >= 15 is 0 Å². The fourth-order valence-corrected chi connectivity index (χ4v) is 5.29. The van der Waals surface area contributed by atoms with Crippen LogP contribution >= 0.6 is 0 Å². The summed E-state index contributed by atoms with van der Waals surface area (Å²) < 4.78 is 31.0. The van der Waals surface area contributed by atoms with E-state index in [0.29, 0.717) is 25.1 Å². The van der Waals surface area contributed by atoms with E-state index in [-0.39, 0.29) is 23.5 Å². The third-order valence-electron chi connectivity index (χ3n) is 4.95. The van der Waals surface area contributed by atoms with E-state index in [4.69, 9.17) is 4.42 Å². The Balaban J connectivity index is 1.86. The molecule has 7 heteroatoms. The number of furan rings is 1. The average Bonchev–Trinajstić information content (AvgIpc) is 3.25. The summed E-state index contributed by atoms with van der Waals surface area (Å²) in [5, 5.41) is 0. The molecule has 25 heavy (non-hydrogen) atoms. The number of amides is 1. The lowest BCUT2D eigenvalue weighted by Crippen LogP contribution is -2.41. The van der Waals surface area contributed by atoms with E-state index < -0.39 is 9.84 Å². The van der Waals surface area contributed by atoms with Gasteiger partial charge in [-0.15, -0.1) is 0 Å². The maximum Gasteiger partial charge on any atom is 0.255 e. The van der Waals surface area contributed by atoms with Gasteiger partial charge in [-0.3, -0.25) is 4.79 Å². The molecule has 1 unspecified atom stereocenters. The summed E-state index contributed by atoms with van der Waals surface area (Å²) in [7, 11) is -3.03. The lowest BCUT2D eigenvalue weighted by Gasteiger charge is -2.27. The third kappa shape index (κ3) is 3.51. The van der Waals surface area contributed by atoms with E-state index in [9.17, 15) is 13.2 Å². The van der Waals surface area contributed by atoms with Gasteiger partial charge < -0.3 is 13.9 Å². The average molecular weight is 364 g/mol. The number of sulfone groups is 1. The zero-order valence-corrected chi connectivity index (χ0v) is 15.7. The summed E-state index contributed by atoms with van der Waals surface area (Å²) in [6, 6.07) is 5.40. The standard InChI is InChI=1S/C18H24N2O4S/c1-4-19(15-7-9-25(22,23)12-15)18(21)17-10-13(2)20(14(17)3)11-16-6-5-8-24-16/h5-6,8,10,15H,4,7,9,11-12H2,1-3H3. The Bertz CT molecular complexity index is 865. The highest BCUT2D eigenvalue weighted by atomic mass is 32.2. The van der Waals surface area contributed by atoms with Crippen LogP contribution in [0.2, 0.25) is 0 Å². The smallest absolute Gasteiger partial charge is 0.255 e. The van der Waals surface area contributed by atoms with Crippen molar-refractivity contribution in [1.29, 1.82) is 0 Å². The highest BCUT2D eigenvalue weighted by Gasteiger charge is 2.35. The molecule has 0 spiro atoms. The summed E-state index contributed by atoms with van der Waals surface area (Å²) in [4.78, 5) is 14.8. The molecule has 3 rings (SSSR count). The van der Waals surface area contributed by atoms with Gasteiger partial charge >= 0.3 is 0 Å². The number of rotatable bonds is 5. The maximum absolute atomic E-state index is 13.1. The molecular weight excluding hydrogens is 340 g/mol. The van der Waals surface area contributed by atoms with Gasteiger partial charge in [0, 0.05) is 24.0 Å². The van der Waals surface area contributed by atoms with Gasteiger partial charge in [-0.2, -0.15) is 0 Å². The molecule has 3 heterocycles. The maximum atomic E-state index is 13.1. The molecule has 1 aliphatic rings. The number of hydrogen-bond donors (Lipinski definition) is 0. The van der Waals surface area contributed by atoms with Crippen LogP contribution in [0.1, 0.15) is 40.9 Å². The Labute approximate surface area is 148 Å². The molecule has 0 N–H and O–H groups in total. The van der Waals surface area contributed by atoms with Crippen molar-refractivity contribution in [2.24, 2.45) is 0 Å². The van der Waals surface area contributed by atoms with Crippen molar-refractivity contribution >= 4 is 15.7 Å². The highest BCUT2D eigenvalue weighted by Crippen LogP contribution is 2.23. The van der Waals surface area contributed by atoms with Crippen LogP contribution in [0.4, 0.5) is 0 Å². The molecule has 1 aliphatic heterocycles. The summed E-state index contributed by atoms with van der Waals surface area (Å²) in [6.45, 7) is 6.85. The minimum atomic E-state index is -3.03. The van der Waals surface area contributed by atoms with Crippen molar-refractivity contribution in [2.45, 2.75) is 39.8 Å². The van der Waals surface area contributed by atoms with Crippen molar-refractivity contribution < 1.29 is 17.6 Å². The van der Waals surface area contributed by atoms with Crippen molar-refractivity contribution in [3.8, 4) is 0 Å². The summed E-state index contributed by atoms with van der Waals surface area (Å²) in [5.41, 5.74) is 2.49. The second-order valence-electron chi connectivity index (χ2n) is 6.60. The Kier molecular flexibility index (Phi) is 4.77. The minimum absolute atomic E-state index is 0.0672. The van der Waals surface area contributed by atoms with Gasteiger partial charge in [-0.25, -0.2) is 8.42 Å². The topological polar surface area (TPSA) is 72.5 Å². The molecule has 0 saturated carbocycles. The van der Waals surface area contributed by atoms with Crippen molar-refractivity contribution in [3.05, 3.63) is 47.2 Å². The number of carbonyl (C=O) groups is 1. The van der Waals surface area contributed by atoms with Crippen LogP contribution in [0.3, 0.4) is 0 Å². The Hall–Kier alpha value is -2.02. The summed E-state index contributed by atoms with van der Waals surface area (Å²) >= 11 is 0. The molecule has 0 bridgehead atoms. The molecule has 0 aromatic carbocycles. The van der Waals surface area contributed by atoms with E-state index in [1.165, 1.54) is 0 Å². The van der Waals surface area contributed by atoms with Crippen LogP contribution < -0.4 is 0 Å². The van der Waals surface area contributed by atoms with Crippen LogP contribution in [0, 0.1) is 13.8 Å². The van der Waals surface area contributed by atoms with Gasteiger partial charge in [-0.1, -0.05) is 0 Å². The second kappa shape index (κ2) is 6.71. The first-order chi connectivity index (χ1) is 11.8. The molecule has 1 fully saturated rings. The van der Waals surface area contributed by atoms with Crippen molar-refractivity contribution in [3.63, 3.8) is 0 Å². The lowest BCUT2D eigenvalue weighted by atomic mass is 10.1. The minimum Gasteiger partial charge on any atom is -0.467 e. The number of carbonyl (C=O) groups excluding carboxylic acids is 1. The van der Waals surface area contributed by atoms with Crippen LogP contribution in [-0.4, -0.2) is 47.9 Å². The van der Waals surface area contributed by atoms with Crippen LogP contribution in [-0.2, 0) is 16.4 Å². The zero-order valence-electron chi connectivity index (χ0n) is 14.9. The first-order valence-corrected chi connectivity index (χ1v) is 10.3. The van der Waals surface area contributed by atoms with E-state index in [1.807, 2.05) is 43.5 Å². The van der Waals surface area contributed by atoms with Crippen molar-refractivity contribution in [2.75, 3.05) is 18.1 Å². The highest BCUT2D eigenvalue weighted by molar-refractivity contribution is 7.91. The molecular formula is C18H24N2O4S. The zero-order chi connectivity index (χ0) is 18.2. The van der Waals surface area contributed by atoms with Crippen molar-refractivity contribution in [1.82, 2.24) is 9.47 Å². The molecule has 1 saturated heterocycles. The van der Waals surface area contributed by atoms with Gasteiger partial charge in [0.25, 0.3) is 5.91 Å². The normalized spacial score (nSPS) is 19.2. The Morgan fingerprint density at radius 3 is 2.72 bits per heavy atom. The van der Waals surface area contributed by atoms with E-state index in [1.54, 1.807) is 11.2 Å². The predicted molar refractivity (Wildman–Crippen MR) is 95.5 cm³/mol. The molecule has 1 atom stereocenters. The predicted octanol–water partition coefficient (Wildman–Crippen LogP) is 2.40. The van der Waals surface area contributed by atoms with Gasteiger partial charge in [0.2, 0.25) is 0 Å². The molecule has 1 amide bonds. The first kappa shape index (κ1) is 17.8. The quantitative estimate of drug-likeness (QED) is 0.817. The van der Waals surface area contributed by atoms with Gasteiger partial charge in [0.15, 0.2) is 9.84 Å². The van der Waals surface area contributed by atoms with E-state index in [0.717, 1.165) is 17.1 Å². The van der Waals surface area contributed by atoms with Crippen LogP contribution in [0.15, 0.2) is 28.9 Å². The van der Waals surface area contributed by atoms with Gasteiger partial charge in [0.1, 0.15) is 5.76 Å². The Morgan fingerprint density at radius 1 is 1.40 bits per heavy atom. The summed E-state index contributed by atoms with van der Waals surface area (Å²) in [6.07, 6.45) is 2.15. The number of nitrogens with zero attached hydrogens (tertiary/aromatic N) is 2. The number of hydrogen-bond acceptors (Lipinski definition) is 4. The second-order valence-corrected chi connectivity index (χ2v) is 8.83. The van der Waals surface area contributed by atoms with Gasteiger partial charge in [0.05, 0.1) is 29.9 Å². The van der Waals surface area contributed by atoms with Gasteiger partial charge in [-0.05, 0) is 45.4 Å². The number of aromatic nitrogens is 1. The fourth-order valence-electron chi connectivity index (χ4n) is 3.56. The SMILES string of the molecule is CCN(C(=O)c1cc(C)n(Cc2ccco2)c1C)C1CCS(=O)(=O)C1. The monoisotopic (exact) mass is 364 g/mol. The largest absolute Gasteiger partial charge is 0.467 e. The van der Waals surface area contributed by atoms with E-state index in [2.05, 4.69) is 0 Å². The fraction of sp³-hybridized carbons (Fsp3) is 0.500. The first-order valence-electron chi connectivity index (χ1n) is 8.53. The molecule has 0 radical (unpaired) electrons. The molecule has 2 aromatic rings. The number of aryl methyl sites for hydroxylation is 1. The third-order valence-corrected chi connectivity index (χ3v) is 6.70. The Morgan fingerprint density at radius 2 is 2.16 bits per heavy atom. The lowest BCUT2D eigenvalue weighted by molar-refractivity contribution is 0.0707. The summed E-state index contributed by atoms with van der Waals surface area (Å²) in [5.74, 6) is 0.967. The van der Waals surface area contributed by atoms with Crippen LogP contribution in [0.25, 0.3) is 0 Å².